The molecule has 6 aromatic carbocycles. The second-order valence-corrected chi connectivity index (χ2v) is 10.7. The van der Waals surface area contributed by atoms with Crippen LogP contribution < -0.4 is 0 Å². The van der Waals surface area contributed by atoms with Gasteiger partial charge in [0.1, 0.15) is 0 Å². The third-order valence-electron chi connectivity index (χ3n) is 8.37. The Kier molecular flexibility index (Phi) is 5.14. The number of benzene rings is 6. The third kappa shape index (κ3) is 3.57. The Morgan fingerprint density at radius 2 is 0.950 bits per heavy atom. The van der Waals surface area contributed by atoms with Crippen molar-refractivity contribution in [2.45, 2.75) is 6.42 Å². The van der Waals surface area contributed by atoms with Crippen molar-refractivity contribution in [3.05, 3.63) is 151 Å². The van der Waals surface area contributed by atoms with E-state index in [1.807, 2.05) is 0 Å². The standard InChI is InChI=1S/C38H28N2/c1-39-37-24-29(28-17-15-27(16-18-28)23-26-9-3-2-4-10-26)19-21-33(37)34-22-20-30(25-38(34)39)40-35-13-7-5-11-31(35)32-12-6-8-14-36(32)40/h2-22,24-25H,23H2,1H3. The summed E-state index contributed by atoms with van der Waals surface area (Å²) in [5.74, 6) is 0. The zero-order chi connectivity index (χ0) is 26.6. The summed E-state index contributed by atoms with van der Waals surface area (Å²) in [6.45, 7) is 0. The molecule has 2 heteroatoms. The molecule has 2 heterocycles. The lowest BCUT2D eigenvalue weighted by atomic mass is 9.99. The Morgan fingerprint density at radius 1 is 0.425 bits per heavy atom. The van der Waals surface area contributed by atoms with E-state index < -0.39 is 0 Å². The van der Waals surface area contributed by atoms with Gasteiger partial charge in [-0.25, -0.2) is 0 Å². The summed E-state index contributed by atoms with van der Waals surface area (Å²) >= 11 is 0. The van der Waals surface area contributed by atoms with E-state index in [4.69, 9.17) is 0 Å². The van der Waals surface area contributed by atoms with Gasteiger partial charge in [-0.2, -0.15) is 0 Å². The minimum atomic E-state index is 0.956. The predicted molar refractivity (Wildman–Crippen MR) is 169 cm³/mol. The lowest BCUT2D eigenvalue weighted by Crippen LogP contribution is -1.95. The molecule has 0 fully saturated rings. The first-order valence-corrected chi connectivity index (χ1v) is 13.9. The summed E-state index contributed by atoms with van der Waals surface area (Å²) in [5, 5.41) is 5.15. The van der Waals surface area contributed by atoms with E-state index in [1.54, 1.807) is 0 Å². The van der Waals surface area contributed by atoms with Gasteiger partial charge in [0.2, 0.25) is 0 Å². The van der Waals surface area contributed by atoms with Crippen LogP contribution in [0.2, 0.25) is 0 Å². The Bertz CT molecular complexity index is 2120. The van der Waals surface area contributed by atoms with Crippen LogP contribution in [0.5, 0.6) is 0 Å². The van der Waals surface area contributed by atoms with Gasteiger partial charge in [-0.1, -0.05) is 109 Å². The number of hydrogen-bond donors (Lipinski definition) is 0. The quantitative estimate of drug-likeness (QED) is 0.222. The summed E-state index contributed by atoms with van der Waals surface area (Å²) < 4.78 is 4.74. The molecule has 0 unspecified atom stereocenters. The van der Waals surface area contributed by atoms with Gasteiger partial charge in [-0.3, -0.25) is 0 Å². The van der Waals surface area contributed by atoms with Crippen LogP contribution in [0.25, 0.3) is 60.4 Å². The average Bonchev–Trinajstić information content (AvgIpc) is 3.49. The molecule has 0 aliphatic heterocycles. The van der Waals surface area contributed by atoms with Crippen LogP contribution in [-0.2, 0) is 13.5 Å². The molecule has 190 valence electrons. The first-order chi connectivity index (χ1) is 19.7. The molecule has 40 heavy (non-hydrogen) atoms. The molecule has 0 saturated heterocycles. The van der Waals surface area contributed by atoms with Crippen molar-refractivity contribution in [3.8, 4) is 16.8 Å². The molecule has 0 aliphatic carbocycles. The summed E-state index contributed by atoms with van der Waals surface area (Å²) in [7, 11) is 2.19. The van der Waals surface area contributed by atoms with Crippen molar-refractivity contribution in [1.29, 1.82) is 0 Å². The van der Waals surface area contributed by atoms with Gasteiger partial charge < -0.3 is 9.13 Å². The van der Waals surface area contributed by atoms with E-state index in [0.29, 0.717) is 0 Å². The highest BCUT2D eigenvalue weighted by Crippen LogP contribution is 2.36. The molecular weight excluding hydrogens is 484 g/mol. The molecule has 0 spiro atoms. The van der Waals surface area contributed by atoms with Gasteiger partial charge in [0, 0.05) is 39.8 Å². The van der Waals surface area contributed by atoms with Crippen LogP contribution in [0.1, 0.15) is 11.1 Å². The molecule has 2 aromatic heterocycles. The van der Waals surface area contributed by atoms with Crippen LogP contribution in [-0.4, -0.2) is 9.13 Å². The second-order valence-electron chi connectivity index (χ2n) is 10.7. The molecule has 0 N–H and O–H groups in total. The number of rotatable bonds is 4. The zero-order valence-corrected chi connectivity index (χ0v) is 22.4. The largest absolute Gasteiger partial charge is 0.344 e. The normalized spacial score (nSPS) is 11.7. The van der Waals surface area contributed by atoms with Crippen molar-refractivity contribution in [1.82, 2.24) is 9.13 Å². The molecule has 0 amide bonds. The lowest BCUT2D eigenvalue weighted by Gasteiger charge is -2.09. The lowest BCUT2D eigenvalue weighted by molar-refractivity contribution is 1.01. The highest BCUT2D eigenvalue weighted by atomic mass is 15.0. The van der Waals surface area contributed by atoms with Crippen molar-refractivity contribution in [2.24, 2.45) is 7.05 Å². The van der Waals surface area contributed by atoms with Crippen LogP contribution in [0.15, 0.2) is 140 Å². The van der Waals surface area contributed by atoms with Crippen molar-refractivity contribution >= 4 is 43.6 Å². The minimum absolute atomic E-state index is 0.956. The summed E-state index contributed by atoms with van der Waals surface area (Å²) in [6.07, 6.45) is 0.956. The predicted octanol–water partition coefficient (Wildman–Crippen LogP) is 9.69. The summed E-state index contributed by atoms with van der Waals surface area (Å²) in [5.41, 5.74) is 11.3. The van der Waals surface area contributed by atoms with Gasteiger partial charge >= 0.3 is 0 Å². The van der Waals surface area contributed by atoms with Gasteiger partial charge in [-0.15, -0.1) is 0 Å². The number of aryl methyl sites for hydroxylation is 1. The molecule has 0 saturated carbocycles. The highest BCUT2D eigenvalue weighted by Gasteiger charge is 2.15. The Labute approximate surface area is 233 Å². The van der Waals surface area contributed by atoms with E-state index in [1.165, 1.54) is 71.6 Å². The summed E-state index contributed by atoms with van der Waals surface area (Å²) in [4.78, 5) is 0. The summed E-state index contributed by atoms with van der Waals surface area (Å²) in [6, 6.07) is 50.8. The Morgan fingerprint density at radius 3 is 1.65 bits per heavy atom. The number of hydrogen-bond acceptors (Lipinski definition) is 0. The van der Waals surface area contributed by atoms with Crippen LogP contribution >= 0.6 is 0 Å². The average molecular weight is 513 g/mol. The maximum absolute atomic E-state index is 2.39. The van der Waals surface area contributed by atoms with Crippen LogP contribution in [0.3, 0.4) is 0 Å². The van der Waals surface area contributed by atoms with Gasteiger partial charge in [0.15, 0.2) is 0 Å². The van der Waals surface area contributed by atoms with E-state index >= 15 is 0 Å². The molecule has 0 atom stereocenters. The zero-order valence-electron chi connectivity index (χ0n) is 22.4. The molecule has 0 bridgehead atoms. The molecule has 8 aromatic rings. The molecular formula is C38H28N2. The number of para-hydroxylation sites is 2. The topological polar surface area (TPSA) is 9.86 Å². The van der Waals surface area contributed by atoms with Gasteiger partial charge in [-0.05, 0) is 59.0 Å². The van der Waals surface area contributed by atoms with Crippen molar-refractivity contribution < 1.29 is 0 Å². The molecule has 8 rings (SSSR count). The minimum Gasteiger partial charge on any atom is -0.344 e. The van der Waals surface area contributed by atoms with Crippen molar-refractivity contribution in [3.63, 3.8) is 0 Å². The van der Waals surface area contributed by atoms with Crippen LogP contribution in [0.4, 0.5) is 0 Å². The van der Waals surface area contributed by atoms with Crippen LogP contribution in [0, 0.1) is 0 Å². The fourth-order valence-electron chi connectivity index (χ4n) is 6.36. The highest BCUT2D eigenvalue weighted by molar-refractivity contribution is 6.11. The van der Waals surface area contributed by atoms with E-state index in [2.05, 4.69) is 156 Å². The fraction of sp³-hybridized carbons (Fsp3) is 0.0526. The first-order valence-electron chi connectivity index (χ1n) is 13.9. The second kappa shape index (κ2) is 9.00. The number of nitrogens with zero attached hydrogens (tertiary/aromatic N) is 2. The Hall–Kier alpha value is -5.08. The van der Waals surface area contributed by atoms with Gasteiger partial charge in [0.25, 0.3) is 0 Å². The number of aromatic nitrogens is 2. The maximum Gasteiger partial charge on any atom is 0.0541 e. The van der Waals surface area contributed by atoms with Crippen molar-refractivity contribution in [2.75, 3.05) is 0 Å². The molecule has 0 radical (unpaired) electrons. The molecule has 2 nitrogen and oxygen atoms in total. The maximum atomic E-state index is 2.39. The SMILES string of the molecule is Cn1c2cc(-c3ccc(Cc4ccccc4)cc3)ccc2c2ccc(-n3c4ccccc4c4ccccc43)cc21. The van der Waals surface area contributed by atoms with E-state index in [0.717, 1.165) is 6.42 Å². The number of fused-ring (bicyclic) bond motifs is 6. The third-order valence-corrected chi connectivity index (χ3v) is 8.37. The monoisotopic (exact) mass is 512 g/mol. The van der Waals surface area contributed by atoms with E-state index in [-0.39, 0.29) is 0 Å². The molecule has 0 aliphatic rings. The van der Waals surface area contributed by atoms with Gasteiger partial charge in [0.05, 0.1) is 16.6 Å². The van der Waals surface area contributed by atoms with E-state index in [9.17, 15) is 0 Å². The first kappa shape index (κ1) is 22.9. The smallest absolute Gasteiger partial charge is 0.0541 e. The fourth-order valence-corrected chi connectivity index (χ4v) is 6.36. The Balaban J connectivity index is 1.22.